The first-order valence-electron chi connectivity index (χ1n) is 10.7. The third kappa shape index (κ3) is 5.84. The molecule has 140 valence electrons. The van der Waals surface area contributed by atoms with Gasteiger partial charge in [-0.05, 0) is 35.4 Å². The van der Waals surface area contributed by atoms with Crippen molar-refractivity contribution in [1.29, 1.82) is 0 Å². The zero-order valence-electron chi connectivity index (χ0n) is 16.9. The monoisotopic (exact) mass is 358 g/mol. The maximum atomic E-state index is 2.37. The molecule has 0 nitrogen and oxygen atoms in total. The SMILES string of the molecule is CCCCC(CC)Cc1sc(CC(CC)CCCC)c2ccccc12. The van der Waals surface area contributed by atoms with Crippen LogP contribution >= 0.6 is 11.3 Å². The zero-order valence-corrected chi connectivity index (χ0v) is 17.8. The van der Waals surface area contributed by atoms with Crippen LogP contribution in [0.4, 0.5) is 0 Å². The third-order valence-electron chi connectivity index (χ3n) is 5.81. The van der Waals surface area contributed by atoms with Crippen molar-refractivity contribution in [2.45, 2.75) is 91.9 Å². The predicted molar refractivity (Wildman–Crippen MR) is 116 cm³/mol. The number of fused-ring (bicyclic) bond motifs is 1. The normalized spacial score (nSPS) is 14.1. The Kier molecular flexibility index (Phi) is 9.03. The van der Waals surface area contributed by atoms with Gasteiger partial charge < -0.3 is 0 Å². The van der Waals surface area contributed by atoms with Crippen molar-refractivity contribution >= 4 is 22.1 Å². The van der Waals surface area contributed by atoms with E-state index in [2.05, 4.69) is 63.3 Å². The highest BCUT2D eigenvalue weighted by Gasteiger charge is 2.17. The van der Waals surface area contributed by atoms with Crippen molar-refractivity contribution in [3.05, 3.63) is 34.0 Å². The van der Waals surface area contributed by atoms with Crippen molar-refractivity contribution < 1.29 is 0 Å². The molecule has 2 rings (SSSR count). The Bertz CT molecular complexity index is 558. The predicted octanol–water partition coefficient (Wildman–Crippen LogP) is 8.42. The molecule has 2 atom stereocenters. The van der Waals surface area contributed by atoms with Gasteiger partial charge in [-0.1, -0.05) is 103 Å². The van der Waals surface area contributed by atoms with E-state index in [-0.39, 0.29) is 0 Å². The van der Waals surface area contributed by atoms with Gasteiger partial charge in [-0.25, -0.2) is 0 Å². The van der Waals surface area contributed by atoms with Gasteiger partial charge in [0, 0.05) is 9.75 Å². The van der Waals surface area contributed by atoms with Crippen molar-refractivity contribution in [2.75, 3.05) is 0 Å². The topological polar surface area (TPSA) is 0 Å². The van der Waals surface area contributed by atoms with Crippen LogP contribution in [0.1, 0.15) is 88.8 Å². The van der Waals surface area contributed by atoms with Gasteiger partial charge in [0.2, 0.25) is 0 Å². The molecular weight excluding hydrogens is 320 g/mol. The van der Waals surface area contributed by atoms with E-state index in [1.807, 2.05) is 0 Å². The molecule has 2 unspecified atom stereocenters. The molecule has 0 aliphatic carbocycles. The molecule has 0 aliphatic heterocycles. The quantitative estimate of drug-likeness (QED) is 0.357. The lowest BCUT2D eigenvalue weighted by atomic mass is 9.92. The van der Waals surface area contributed by atoms with E-state index in [9.17, 15) is 0 Å². The summed E-state index contributed by atoms with van der Waals surface area (Å²) in [6, 6.07) is 9.18. The number of unbranched alkanes of at least 4 members (excludes halogenated alkanes) is 2. The molecule has 0 N–H and O–H groups in total. The van der Waals surface area contributed by atoms with Crippen molar-refractivity contribution in [3.63, 3.8) is 0 Å². The molecule has 0 bridgehead atoms. The zero-order chi connectivity index (χ0) is 18.1. The molecule has 0 fully saturated rings. The van der Waals surface area contributed by atoms with E-state index in [1.165, 1.54) is 64.2 Å². The summed E-state index contributed by atoms with van der Waals surface area (Å²) in [5.41, 5.74) is 0. The minimum absolute atomic E-state index is 0.858. The van der Waals surface area contributed by atoms with Crippen LogP contribution in [0.2, 0.25) is 0 Å². The molecule has 0 amide bonds. The molecule has 0 aliphatic rings. The van der Waals surface area contributed by atoms with Gasteiger partial charge in [0.1, 0.15) is 0 Å². The molecule has 2 aromatic rings. The van der Waals surface area contributed by atoms with Gasteiger partial charge in [-0.2, -0.15) is 0 Å². The molecule has 1 aromatic heterocycles. The maximum absolute atomic E-state index is 2.37. The summed E-state index contributed by atoms with van der Waals surface area (Å²) in [6.45, 7) is 9.36. The lowest BCUT2D eigenvalue weighted by Gasteiger charge is -2.14. The fourth-order valence-electron chi connectivity index (χ4n) is 3.94. The van der Waals surface area contributed by atoms with Crippen LogP contribution in [0.15, 0.2) is 24.3 Å². The Balaban J connectivity index is 2.21. The van der Waals surface area contributed by atoms with Crippen LogP contribution in [-0.4, -0.2) is 0 Å². The van der Waals surface area contributed by atoms with Crippen LogP contribution in [-0.2, 0) is 12.8 Å². The molecule has 0 saturated carbocycles. The van der Waals surface area contributed by atoms with Crippen LogP contribution in [0.3, 0.4) is 0 Å². The van der Waals surface area contributed by atoms with E-state index in [0.717, 1.165) is 11.8 Å². The average Bonchev–Trinajstić information content (AvgIpc) is 2.99. The van der Waals surface area contributed by atoms with E-state index in [0.29, 0.717) is 0 Å². The summed E-state index contributed by atoms with van der Waals surface area (Å²) >= 11 is 2.13. The standard InChI is InChI=1S/C24H38S/c1-5-9-13-19(7-3)17-23-21-15-11-12-16-22(21)24(25-23)18-20(8-4)14-10-6-2/h11-12,15-16,19-20H,5-10,13-14,17-18H2,1-4H3. The number of thiophene rings is 1. The van der Waals surface area contributed by atoms with Gasteiger partial charge in [-0.3, -0.25) is 0 Å². The second-order valence-electron chi connectivity index (χ2n) is 7.74. The van der Waals surface area contributed by atoms with Gasteiger partial charge in [0.05, 0.1) is 0 Å². The van der Waals surface area contributed by atoms with Gasteiger partial charge >= 0.3 is 0 Å². The van der Waals surface area contributed by atoms with Crippen LogP contribution in [0, 0.1) is 11.8 Å². The smallest absolute Gasteiger partial charge is 0.0129 e. The Morgan fingerprint density at radius 3 is 1.52 bits per heavy atom. The van der Waals surface area contributed by atoms with Gasteiger partial charge in [0.15, 0.2) is 0 Å². The molecule has 1 heteroatoms. The van der Waals surface area contributed by atoms with Crippen molar-refractivity contribution in [1.82, 2.24) is 0 Å². The summed E-state index contributed by atoms with van der Waals surface area (Å²) in [5, 5.41) is 3.09. The summed E-state index contributed by atoms with van der Waals surface area (Å²) in [5.74, 6) is 1.72. The Morgan fingerprint density at radius 2 is 1.16 bits per heavy atom. The number of rotatable bonds is 12. The first-order chi connectivity index (χ1) is 12.2. The molecule has 0 radical (unpaired) electrons. The van der Waals surface area contributed by atoms with Crippen molar-refractivity contribution in [3.8, 4) is 0 Å². The highest BCUT2D eigenvalue weighted by Crippen LogP contribution is 2.36. The minimum Gasteiger partial charge on any atom is -0.144 e. The average molecular weight is 359 g/mol. The van der Waals surface area contributed by atoms with E-state index in [1.54, 1.807) is 20.5 Å². The number of hydrogen-bond acceptors (Lipinski definition) is 1. The fourth-order valence-corrected chi connectivity index (χ4v) is 5.45. The lowest BCUT2D eigenvalue weighted by Crippen LogP contribution is -2.02. The van der Waals surface area contributed by atoms with Crippen LogP contribution < -0.4 is 0 Å². The van der Waals surface area contributed by atoms with E-state index < -0.39 is 0 Å². The number of hydrogen-bond donors (Lipinski definition) is 0. The van der Waals surface area contributed by atoms with Crippen LogP contribution in [0.5, 0.6) is 0 Å². The lowest BCUT2D eigenvalue weighted by molar-refractivity contribution is 0.452. The maximum Gasteiger partial charge on any atom is 0.0129 e. The molecule has 25 heavy (non-hydrogen) atoms. The summed E-state index contributed by atoms with van der Waals surface area (Å²) < 4.78 is 0. The molecular formula is C24H38S. The first-order valence-corrected chi connectivity index (χ1v) is 11.5. The summed E-state index contributed by atoms with van der Waals surface area (Å²) in [6.07, 6.45) is 13.4. The third-order valence-corrected chi connectivity index (χ3v) is 7.07. The number of benzene rings is 1. The largest absolute Gasteiger partial charge is 0.144 e. The molecule has 1 heterocycles. The Labute approximate surface area is 160 Å². The van der Waals surface area contributed by atoms with E-state index in [4.69, 9.17) is 0 Å². The minimum atomic E-state index is 0.858. The highest BCUT2D eigenvalue weighted by atomic mass is 32.1. The highest BCUT2D eigenvalue weighted by molar-refractivity contribution is 7.13. The van der Waals surface area contributed by atoms with Crippen molar-refractivity contribution in [2.24, 2.45) is 11.8 Å². The summed E-state index contributed by atoms with van der Waals surface area (Å²) in [4.78, 5) is 3.30. The second-order valence-corrected chi connectivity index (χ2v) is 8.92. The first kappa shape index (κ1) is 20.5. The van der Waals surface area contributed by atoms with E-state index >= 15 is 0 Å². The Hall–Kier alpha value is -0.820. The fraction of sp³-hybridized carbons (Fsp3) is 0.667. The Morgan fingerprint density at radius 1 is 0.720 bits per heavy atom. The van der Waals surface area contributed by atoms with Gasteiger partial charge in [0.25, 0.3) is 0 Å². The van der Waals surface area contributed by atoms with Crippen LogP contribution in [0.25, 0.3) is 10.8 Å². The summed E-state index contributed by atoms with van der Waals surface area (Å²) in [7, 11) is 0. The molecule has 0 saturated heterocycles. The molecule has 1 aromatic carbocycles. The molecule has 0 spiro atoms. The second kappa shape index (κ2) is 11.0. The van der Waals surface area contributed by atoms with Gasteiger partial charge in [-0.15, -0.1) is 11.3 Å².